The van der Waals surface area contributed by atoms with E-state index >= 15 is 0 Å². The Morgan fingerprint density at radius 1 is 1.15 bits per heavy atom. The SMILES string of the molecule is CCC(COCN)C(C)(C)CC1(C)CC1(C)C(C)(C)C. The van der Waals surface area contributed by atoms with Crippen LogP contribution in [0, 0.1) is 27.6 Å². The van der Waals surface area contributed by atoms with Crippen LogP contribution in [0.4, 0.5) is 0 Å². The molecule has 0 aromatic carbocycles. The molecule has 3 atom stereocenters. The van der Waals surface area contributed by atoms with Gasteiger partial charge < -0.3 is 10.5 Å². The average molecular weight is 284 g/mol. The van der Waals surface area contributed by atoms with Crippen molar-refractivity contribution in [2.45, 2.75) is 74.7 Å². The first-order valence-corrected chi connectivity index (χ1v) is 8.21. The molecule has 0 spiro atoms. The smallest absolute Gasteiger partial charge is 0.0940 e. The first-order valence-electron chi connectivity index (χ1n) is 8.21. The standard InChI is InChI=1S/C18H37NO/c1-9-14(10-20-13-19)16(5,6)11-17(7)12-18(17,8)15(2,3)4/h14H,9-13,19H2,1-8H3. The molecule has 1 aliphatic rings. The molecule has 0 heterocycles. The summed E-state index contributed by atoms with van der Waals surface area (Å²) in [5.41, 5.74) is 7.11. The predicted molar refractivity (Wildman–Crippen MR) is 87.5 cm³/mol. The van der Waals surface area contributed by atoms with Crippen molar-refractivity contribution in [1.82, 2.24) is 0 Å². The van der Waals surface area contributed by atoms with Crippen molar-refractivity contribution in [2.75, 3.05) is 13.3 Å². The Balaban J connectivity index is 2.77. The topological polar surface area (TPSA) is 35.2 Å². The molecule has 0 saturated heterocycles. The van der Waals surface area contributed by atoms with Crippen LogP contribution in [0.3, 0.4) is 0 Å². The molecular formula is C18H37NO. The highest BCUT2D eigenvalue weighted by Gasteiger charge is 2.66. The normalized spacial score (nSPS) is 32.2. The highest BCUT2D eigenvalue weighted by atomic mass is 16.5. The molecule has 1 fully saturated rings. The maximum Gasteiger partial charge on any atom is 0.0940 e. The van der Waals surface area contributed by atoms with Gasteiger partial charge in [-0.05, 0) is 40.4 Å². The summed E-state index contributed by atoms with van der Waals surface area (Å²) >= 11 is 0. The zero-order valence-corrected chi connectivity index (χ0v) is 15.1. The van der Waals surface area contributed by atoms with Gasteiger partial charge in [0.15, 0.2) is 0 Å². The molecule has 0 amide bonds. The van der Waals surface area contributed by atoms with Gasteiger partial charge in [-0.1, -0.05) is 61.8 Å². The van der Waals surface area contributed by atoms with E-state index in [1.165, 1.54) is 12.8 Å². The molecule has 120 valence electrons. The van der Waals surface area contributed by atoms with Gasteiger partial charge in [0.25, 0.3) is 0 Å². The van der Waals surface area contributed by atoms with Gasteiger partial charge in [-0.3, -0.25) is 0 Å². The van der Waals surface area contributed by atoms with Crippen LogP contribution in [-0.2, 0) is 4.74 Å². The van der Waals surface area contributed by atoms with Crippen molar-refractivity contribution in [3.8, 4) is 0 Å². The van der Waals surface area contributed by atoms with Gasteiger partial charge in [0.05, 0.1) is 13.3 Å². The van der Waals surface area contributed by atoms with Gasteiger partial charge >= 0.3 is 0 Å². The van der Waals surface area contributed by atoms with E-state index in [-0.39, 0.29) is 0 Å². The Labute approximate surface area is 126 Å². The van der Waals surface area contributed by atoms with E-state index in [2.05, 4.69) is 55.4 Å². The van der Waals surface area contributed by atoms with Gasteiger partial charge in [0.2, 0.25) is 0 Å². The lowest BCUT2D eigenvalue weighted by molar-refractivity contribution is 0.0273. The molecule has 0 aromatic rings. The number of rotatable bonds is 7. The fraction of sp³-hybridized carbons (Fsp3) is 1.00. The second-order valence-electron chi connectivity index (χ2n) is 9.13. The monoisotopic (exact) mass is 283 g/mol. The van der Waals surface area contributed by atoms with E-state index in [0.29, 0.717) is 34.3 Å². The third-order valence-electron chi connectivity index (χ3n) is 6.49. The van der Waals surface area contributed by atoms with E-state index in [1.54, 1.807) is 0 Å². The molecular weight excluding hydrogens is 246 g/mol. The molecule has 0 aromatic heterocycles. The van der Waals surface area contributed by atoms with Crippen molar-refractivity contribution in [2.24, 2.45) is 33.3 Å². The van der Waals surface area contributed by atoms with Gasteiger partial charge in [-0.25, -0.2) is 0 Å². The van der Waals surface area contributed by atoms with Crippen LogP contribution >= 0.6 is 0 Å². The third-order valence-corrected chi connectivity index (χ3v) is 6.49. The van der Waals surface area contributed by atoms with Crippen molar-refractivity contribution < 1.29 is 4.74 Å². The fourth-order valence-corrected chi connectivity index (χ4v) is 4.42. The summed E-state index contributed by atoms with van der Waals surface area (Å²) in [7, 11) is 0. The van der Waals surface area contributed by atoms with Crippen LogP contribution in [-0.4, -0.2) is 13.3 Å². The molecule has 2 heteroatoms. The Morgan fingerprint density at radius 3 is 2.05 bits per heavy atom. The van der Waals surface area contributed by atoms with E-state index in [0.717, 1.165) is 13.0 Å². The molecule has 0 aliphatic heterocycles. The van der Waals surface area contributed by atoms with E-state index < -0.39 is 0 Å². The summed E-state index contributed by atoms with van der Waals surface area (Å²) in [6.07, 6.45) is 3.79. The van der Waals surface area contributed by atoms with Crippen molar-refractivity contribution in [1.29, 1.82) is 0 Å². The maximum atomic E-state index is 5.50. The van der Waals surface area contributed by atoms with Gasteiger partial charge in [-0.15, -0.1) is 0 Å². The zero-order chi connectivity index (χ0) is 15.8. The van der Waals surface area contributed by atoms with Gasteiger partial charge in [0.1, 0.15) is 0 Å². The summed E-state index contributed by atoms with van der Waals surface area (Å²) in [5.74, 6) is 0.590. The Morgan fingerprint density at radius 2 is 1.70 bits per heavy atom. The highest BCUT2D eigenvalue weighted by Crippen LogP contribution is 2.74. The van der Waals surface area contributed by atoms with Crippen LogP contribution in [0.1, 0.15) is 74.7 Å². The number of nitrogens with two attached hydrogens (primary N) is 1. The van der Waals surface area contributed by atoms with Crippen LogP contribution in [0.25, 0.3) is 0 Å². The van der Waals surface area contributed by atoms with Crippen molar-refractivity contribution in [3.63, 3.8) is 0 Å². The third kappa shape index (κ3) is 3.22. The largest absolute Gasteiger partial charge is 0.366 e. The van der Waals surface area contributed by atoms with Crippen LogP contribution in [0.15, 0.2) is 0 Å². The van der Waals surface area contributed by atoms with E-state index in [1.807, 2.05) is 0 Å². The molecule has 2 N–H and O–H groups in total. The summed E-state index contributed by atoms with van der Waals surface area (Å²) in [6, 6.07) is 0. The fourth-order valence-electron chi connectivity index (χ4n) is 4.42. The number of hydrogen-bond donors (Lipinski definition) is 1. The summed E-state index contributed by atoms with van der Waals surface area (Å²) in [4.78, 5) is 0. The Kier molecular flexibility index (Phi) is 5.04. The summed E-state index contributed by atoms with van der Waals surface area (Å²) in [5, 5.41) is 0. The second kappa shape index (κ2) is 5.61. The minimum Gasteiger partial charge on any atom is -0.366 e. The second-order valence-corrected chi connectivity index (χ2v) is 9.13. The molecule has 1 saturated carbocycles. The van der Waals surface area contributed by atoms with Gasteiger partial charge in [0, 0.05) is 0 Å². The van der Waals surface area contributed by atoms with Crippen LogP contribution < -0.4 is 5.73 Å². The Hall–Kier alpha value is -0.0800. The van der Waals surface area contributed by atoms with Crippen LogP contribution in [0.2, 0.25) is 0 Å². The van der Waals surface area contributed by atoms with Crippen molar-refractivity contribution in [3.05, 3.63) is 0 Å². The lowest BCUT2D eigenvalue weighted by Crippen LogP contribution is -2.34. The van der Waals surface area contributed by atoms with E-state index in [4.69, 9.17) is 10.5 Å². The molecule has 0 bridgehead atoms. The first-order chi connectivity index (χ1) is 8.93. The average Bonchev–Trinajstić information content (AvgIpc) is 2.81. The summed E-state index contributed by atoms with van der Waals surface area (Å²) < 4.78 is 5.50. The van der Waals surface area contributed by atoms with Crippen molar-refractivity contribution >= 4 is 0 Å². The highest BCUT2D eigenvalue weighted by molar-refractivity contribution is 5.15. The molecule has 3 unspecified atom stereocenters. The zero-order valence-electron chi connectivity index (χ0n) is 15.1. The summed E-state index contributed by atoms with van der Waals surface area (Å²) in [6.45, 7) is 20.3. The lowest BCUT2D eigenvalue weighted by atomic mass is 9.66. The molecule has 2 nitrogen and oxygen atoms in total. The molecule has 20 heavy (non-hydrogen) atoms. The number of hydrogen-bond acceptors (Lipinski definition) is 2. The maximum absolute atomic E-state index is 5.50. The molecule has 1 rings (SSSR count). The predicted octanol–water partition coefficient (Wildman–Crippen LogP) is 4.82. The minimum absolute atomic E-state index is 0.307. The lowest BCUT2D eigenvalue weighted by Gasteiger charge is -2.40. The van der Waals surface area contributed by atoms with Gasteiger partial charge in [-0.2, -0.15) is 0 Å². The van der Waals surface area contributed by atoms with E-state index in [9.17, 15) is 0 Å². The minimum atomic E-state index is 0.307. The Bertz CT molecular complexity index is 331. The number of ether oxygens (including phenoxy) is 1. The molecule has 1 aliphatic carbocycles. The first kappa shape index (κ1) is 18.0. The quantitative estimate of drug-likeness (QED) is 0.680. The van der Waals surface area contributed by atoms with Crippen LogP contribution in [0.5, 0.6) is 0 Å². The molecule has 0 radical (unpaired) electrons.